The Morgan fingerprint density at radius 2 is 1.91 bits per heavy atom. The number of aryl methyl sites for hydroxylation is 3. The number of urea groups is 1. The lowest BCUT2D eigenvalue weighted by Crippen LogP contribution is -2.42. The van der Waals surface area contributed by atoms with Gasteiger partial charge in [-0.3, -0.25) is 0 Å². The standard InChI is InChI=1S/C26H30ClN5O/c1-17-8-13-22-20(15-17)5-3-6-23(22)28-26(33)31-14-4-7-24(31)25-30-29-18(2)32(25)16-19-9-11-21(27)12-10-19/h8-13,15,23-24H,3-7,14,16H2,1-2H3,(H,28,33). The van der Waals surface area contributed by atoms with Gasteiger partial charge in [-0.15, -0.1) is 10.2 Å². The van der Waals surface area contributed by atoms with Crippen molar-refractivity contribution in [1.29, 1.82) is 0 Å². The summed E-state index contributed by atoms with van der Waals surface area (Å²) in [7, 11) is 0. The van der Waals surface area contributed by atoms with Gasteiger partial charge in [0, 0.05) is 11.6 Å². The van der Waals surface area contributed by atoms with E-state index in [1.165, 1.54) is 16.7 Å². The van der Waals surface area contributed by atoms with E-state index in [1.54, 1.807) is 0 Å². The number of rotatable bonds is 4. The summed E-state index contributed by atoms with van der Waals surface area (Å²) in [6.45, 7) is 5.48. The van der Waals surface area contributed by atoms with Crippen molar-refractivity contribution in [2.24, 2.45) is 0 Å². The Balaban J connectivity index is 1.35. The summed E-state index contributed by atoms with van der Waals surface area (Å²) < 4.78 is 2.12. The van der Waals surface area contributed by atoms with Gasteiger partial charge in [0.15, 0.2) is 5.82 Å². The van der Waals surface area contributed by atoms with E-state index in [9.17, 15) is 4.79 Å². The van der Waals surface area contributed by atoms with Crippen LogP contribution < -0.4 is 5.32 Å². The maximum absolute atomic E-state index is 13.4. The molecule has 0 radical (unpaired) electrons. The Morgan fingerprint density at radius 1 is 1.09 bits per heavy atom. The minimum absolute atomic E-state index is 0.00498. The molecule has 33 heavy (non-hydrogen) atoms. The topological polar surface area (TPSA) is 63.1 Å². The van der Waals surface area contributed by atoms with Crippen LogP contribution in [0.5, 0.6) is 0 Å². The highest BCUT2D eigenvalue weighted by Crippen LogP contribution is 2.34. The van der Waals surface area contributed by atoms with Gasteiger partial charge < -0.3 is 14.8 Å². The van der Waals surface area contributed by atoms with Gasteiger partial charge in [-0.2, -0.15) is 0 Å². The Morgan fingerprint density at radius 3 is 2.73 bits per heavy atom. The Bertz CT molecular complexity index is 1160. The second kappa shape index (κ2) is 9.18. The van der Waals surface area contributed by atoms with Crippen LogP contribution in [0.25, 0.3) is 0 Å². The van der Waals surface area contributed by atoms with E-state index in [4.69, 9.17) is 11.6 Å². The van der Waals surface area contributed by atoms with E-state index in [0.29, 0.717) is 6.54 Å². The lowest BCUT2D eigenvalue weighted by Gasteiger charge is -2.31. The number of hydrogen-bond acceptors (Lipinski definition) is 3. The van der Waals surface area contributed by atoms with Gasteiger partial charge >= 0.3 is 6.03 Å². The van der Waals surface area contributed by atoms with Gasteiger partial charge in [0.05, 0.1) is 18.6 Å². The molecule has 5 rings (SSSR count). The molecule has 0 saturated carbocycles. The highest BCUT2D eigenvalue weighted by atomic mass is 35.5. The first-order valence-corrected chi connectivity index (χ1v) is 12.2. The molecule has 3 aromatic rings. The average Bonchev–Trinajstić information content (AvgIpc) is 3.42. The number of hydrogen-bond donors (Lipinski definition) is 1. The number of benzene rings is 2. The number of amides is 2. The fourth-order valence-electron chi connectivity index (χ4n) is 5.21. The van der Waals surface area contributed by atoms with Crippen molar-refractivity contribution >= 4 is 17.6 Å². The lowest BCUT2D eigenvalue weighted by molar-refractivity contribution is 0.184. The lowest BCUT2D eigenvalue weighted by atomic mass is 9.87. The first-order chi connectivity index (χ1) is 16.0. The van der Waals surface area contributed by atoms with Crippen LogP contribution in [-0.4, -0.2) is 32.2 Å². The van der Waals surface area contributed by atoms with E-state index >= 15 is 0 Å². The molecule has 2 unspecified atom stereocenters. The van der Waals surface area contributed by atoms with E-state index in [2.05, 4.69) is 45.2 Å². The molecule has 1 N–H and O–H groups in total. The third-order valence-electron chi connectivity index (χ3n) is 6.94. The molecule has 2 atom stereocenters. The molecule has 1 aromatic heterocycles. The summed E-state index contributed by atoms with van der Waals surface area (Å²) in [6, 6.07) is 14.4. The van der Waals surface area contributed by atoms with Crippen molar-refractivity contribution in [3.05, 3.63) is 81.4 Å². The van der Waals surface area contributed by atoms with E-state index < -0.39 is 0 Å². The second-order valence-corrected chi connectivity index (χ2v) is 9.70. The fraction of sp³-hybridized carbons (Fsp3) is 0.423. The van der Waals surface area contributed by atoms with Gasteiger partial charge in [0.1, 0.15) is 5.82 Å². The Hall–Kier alpha value is -2.86. The number of nitrogens with zero attached hydrogens (tertiary/aromatic N) is 4. The second-order valence-electron chi connectivity index (χ2n) is 9.27. The number of likely N-dealkylation sites (tertiary alicyclic amines) is 1. The summed E-state index contributed by atoms with van der Waals surface area (Å²) in [6.07, 6.45) is 5.02. The summed E-state index contributed by atoms with van der Waals surface area (Å²) in [5.41, 5.74) is 5.03. The van der Waals surface area contributed by atoms with Crippen LogP contribution in [0, 0.1) is 13.8 Å². The maximum Gasteiger partial charge on any atom is 0.318 e. The zero-order chi connectivity index (χ0) is 22.9. The molecule has 2 aromatic carbocycles. The molecule has 1 saturated heterocycles. The highest BCUT2D eigenvalue weighted by molar-refractivity contribution is 6.30. The largest absolute Gasteiger partial charge is 0.331 e. The van der Waals surface area contributed by atoms with E-state index in [-0.39, 0.29) is 18.1 Å². The zero-order valence-electron chi connectivity index (χ0n) is 19.2. The Kier molecular flexibility index (Phi) is 6.11. The van der Waals surface area contributed by atoms with Gasteiger partial charge in [0.25, 0.3) is 0 Å². The third kappa shape index (κ3) is 4.49. The smallest absolute Gasteiger partial charge is 0.318 e. The molecular weight excluding hydrogens is 434 g/mol. The van der Waals surface area contributed by atoms with Crippen LogP contribution in [0.1, 0.15) is 71.7 Å². The predicted molar refractivity (Wildman–Crippen MR) is 129 cm³/mol. The molecular formula is C26H30ClN5O. The van der Waals surface area contributed by atoms with Crippen molar-refractivity contribution in [2.75, 3.05) is 6.54 Å². The quantitative estimate of drug-likeness (QED) is 0.554. The van der Waals surface area contributed by atoms with Crippen LogP contribution in [0.4, 0.5) is 4.79 Å². The molecule has 0 bridgehead atoms. The summed E-state index contributed by atoms with van der Waals surface area (Å²) in [5.74, 6) is 1.71. The molecule has 2 amide bonds. The van der Waals surface area contributed by atoms with Gasteiger partial charge in [-0.05, 0) is 74.8 Å². The number of halogens is 1. The van der Waals surface area contributed by atoms with Crippen molar-refractivity contribution in [3.63, 3.8) is 0 Å². The number of nitrogens with one attached hydrogen (secondary N) is 1. The van der Waals surface area contributed by atoms with Crippen molar-refractivity contribution in [3.8, 4) is 0 Å². The van der Waals surface area contributed by atoms with Crippen molar-refractivity contribution in [2.45, 2.75) is 64.6 Å². The number of carbonyl (C=O) groups is 1. The average molecular weight is 464 g/mol. The minimum Gasteiger partial charge on any atom is -0.331 e. The summed E-state index contributed by atoms with van der Waals surface area (Å²) in [5, 5.41) is 12.9. The molecule has 7 heteroatoms. The first kappa shape index (κ1) is 22.0. The van der Waals surface area contributed by atoms with Gasteiger partial charge in [-0.25, -0.2) is 4.79 Å². The summed E-state index contributed by atoms with van der Waals surface area (Å²) in [4.78, 5) is 15.4. The predicted octanol–water partition coefficient (Wildman–Crippen LogP) is 5.52. The number of aromatic nitrogens is 3. The zero-order valence-corrected chi connectivity index (χ0v) is 20.0. The molecule has 2 aliphatic rings. The first-order valence-electron chi connectivity index (χ1n) is 11.8. The third-order valence-corrected chi connectivity index (χ3v) is 7.19. The van der Waals surface area contributed by atoms with Crippen LogP contribution in [0.2, 0.25) is 5.02 Å². The number of fused-ring (bicyclic) bond motifs is 1. The molecule has 172 valence electrons. The Labute approximate surface area is 200 Å². The number of carbonyl (C=O) groups excluding carboxylic acids is 1. The molecule has 6 nitrogen and oxygen atoms in total. The fourth-order valence-corrected chi connectivity index (χ4v) is 5.34. The van der Waals surface area contributed by atoms with Crippen molar-refractivity contribution < 1.29 is 4.79 Å². The van der Waals surface area contributed by atoms with E-state index in [1.807, 2.05) is 36.1 Å². The molecule has 1 fully saturated rings. The molecule has 0 spiro atoms. The van der Waals surface area contributed by atoms with Crippen LogP contribution in [0.3, 0.4) is 0 Å². The molecule has 1 aliphatic heterocycles. The SMILES string of the molecule is Cc1ccc2c(c1)CCCC2NC(=O)N1CCCC1c1nnc(C)n1Cc1ccc(Cl)cc1. The molecule has 2 heterocycles. The van der Waals surface area contributed by atoms with Crippen LogP contribution in [-0.2, 0) is 13.0 Å². The monoisotopic (exact) mass is 463 g/mol. The molecule has 1 aliphatic carbocycles. The highest BCUT2D eigenvalue weighted by Gasteiger charge is 2.35. The minimum atomic E-state index is -0.0698. The van der Waals surface area contributed by atoms with Crippen LogP contribution >= 0.6 is 11.6 Å². The normalized spacial score (nSPS) is 20.0. The van der Waals surface area contributed by atoms with Gasteiger partial charge in [0.2, 0.25) is 0 Å². The maximum atomic E-state index is 13.4. The van der Waals surface area contributed by atoms with E-state index in [0.717, 1.165) is 60.9 Å². The van der Waals surface area contributed by atoms with Crippen molar-refractivity contribution in [1.82, 2.24) is 25.0 Å². The van der Waals surface area contributed by atoms with Crippen LogP contribution in [0.15, 0.2) is 42.5 Å². The summed E-state index contributed by atoms with van der Waals surface area (Å²) >= 11 is 6.05. The van der Waals surface area contributed by atoms with Gasteiger partial charge in [-0.1, -0.05) is 47.5 Å².